The molecule has 0 saturated heterocycles. The zero-order valence-electron chi connectivity index (χ0n) is 11.7. The molecule has 0 heterocycles. The summed E-state index contributed by atoms with van der Waals surface area (Å²) < 4.78 is 24.9. The highest BCUT2D eigenvalue weighted by molar-refractivity contribution is 7.92. The van der Waals surface area contributed by atoms with E-state index in [1.54, 1.807) is 24.3 Å². The summed E-state index contributed by atoms with van der Waals surface area (Å²) in [7, 11) is -3.44. The normalized spacial score (nSPS) is 14.6. The number of halogens is 1. The fourth-order valence-electron chi connectivity index (χ4n) is 1.85. The maximum absolute atomic E-state index is 11.9. The first-order chi connectivity index (χ1) is 9.86. The van der Waals surface area contributed by atoms with Crippen LogP contribution in [-0.4, -0.2) is 39.8 Å². The SMILES string of the molecule is CS(=O)(=O)N(CCNC(=O)NC1CC1)c1cccc(Cl)c1. The second kappa shape index (κ2) is 6.53. The van der Waals surface area contributed by atoms with Crippen LogP contribution in [0.4, 0.5) is 10.5 Å². The third-order valence-corrected chi connectivity index (χ3v) is 4.44. The van der Waals surface area contributed by atoms with Crippen molar-refractivity contribution in [1.82, 2.24) is 10.6 Å². The van der Waals surface area contributed by atoms with Crippen molar-refractivity contribution in [3.63, 3.8) is 0 Å². The van der Waals surface area contributed by atoms with Gasteiger partial charge in [0.05, 0.1) is 18.5 Å². The maximum atomic E-state index is 11.9. The monoisotopic (exact) mass is 331 g/mol. The zero-order chi connectivity index (χ0) is 15.5. The molecule has 0 unspecified atom stereocenters. The Labute approximate surface area is 129 Å². The second-order valence-corrected chi connectivity index (χ2v) is 7.33. The number of rotatable bonds is 6. The number of anilines is 1. The Morgan fingerprint density at radius 1 is 1.43 bits per heavy atom. The van der Waals surface area contributed by atoms with E-state index in [0.717, 1.165) is 19.1 Å². The highest BCUT2D eigenvalue weighted by atomic mass is 35.5. The van der Waals surface area contributed by atoms with Gasteiger partial charge in [-0.2, -0.15) is 0 Å². The fraction of sp³-hybridized carbons (Fsp3) is 0.462. The topological polar surface area (TPSA) is 78.5 Å². The van der Waals surface area contributed by atoms with Crippen LogP contribution in [0.5, 0.6) is 0 Å². The van der Waals surface area contributed by atoms with E-state index in [1.807, 2.05) is 0 Å². The Morgan fingerprint density at radius 2 is 2.14 bits per heavy atom. The van der Waals surface area contributed by atoms with Gasteiger partial charge in [-0.05, 0) is 31.0 Å². The van der Waals surface area contributed by atoms with Crippen LogP contribution in [0.3, 0.4) is 0 Å². The minimum absolute atomic E-state index is 0.150. The van der Waals surface area contributed by atoms with Crippen LogP contribution in [0.15, 0.2) is 24.3 Å². The number of nitrogens with zero attached hydrogens (tertiary/aromatic N) is 1. The van der Waals surface area contributed by atoms with Crippen LogP contribution in [0, 0.1) is 0 Å². The van der Waals surface area contributed by atoms with E-state index in [9.17, 15) is 13.2 Å². The molecule has 1 aromatic rings. The Morgan fingerprint density at radius 3 is 2.71 bits per heavy atom. The Kier molecular flexibility index (Phi) is 4.95. The van der Waals surface area contributed by atoms with Gasteiger partial charge in [-0.3, -0.25) is 4.31 Å². The molecule has 1 saturated carbocycles. The van der Waals surface area contributed by atoms with Gasteiger partial charge in [0.15, 0.2) is 0 Å². The van der Waals surface area contributed by atoms with Gasteiger partial charge in [0.2, 0.25) is 10.0 Å². The average molecular weight is 332 g/mol. The molecule has 2 N–H and O–H groups in total. The first-order valence-electron chi connectivity index (χ1n) is 6.64. The van der Waals surface area contributed by atoms with Gasteiger partial charge in [-0.25, -0.2) is 13.2 Å². The highest BCUT2D eigenvalue weighted by Crippen LogP contribution is 2.21. The number of nitrogens with one attached hydrogen (secondary N) is 2. The van der Waals surface area contributed by atoms with E-state index >= 15 is 0 Å². The van der Waals surface area contributed by atoms with E-state index in [4.69, 9.17) is 11.6 Å². The molecule has 6 nitrogen and oxygen atoms in total. The number of benzene rings is 1. The minimum Gasteiger partial charge on any atom is -0.336 e. The quantitative estimate of drug-likeness (QED) is 0.830. The number of hydrogen-bond donors (Lipinski definition) is 2. The summed E-state index contributed by atoms with van der Waals surface area (Å²) >= 11 is 5.89. The molecule has 1 fully saturated rings. The highest BCUT2D eigenvalue weighted by Gasteiger charge is 2.23. The molecule has 1 aliphatic carbocycles. The summed E-state index contributed by atoms with van der Waals surface area (Å²) in [5.74, 6) is 0. The Hall–Kier alpha value is -1.47. The molecule has 116 valence electrons. The van der Waals surface area contributed by atoms with E-state index < -0.39 is 10.0 Å². The molecule has 21 heavy (non-hydrogen) atoms. The fourth-order valence-corrected chi connectivity index (χ4v) is 2.96. The van der Waals surface area contributed by atoms with Crippen molar-refractivity contribution in [3.05, 3.63) is 29.3 Å². The molecule has 0 spiro atoms. The minimum atomic E-state index is -3.44. The molecule has 0 bridgehead atoms. The van der Waals surface area contributed by atoms with Crippen LogP contribution < -0.4 is 14.9 Å². The predicted molar refractivity (Wildman–Crippen MR) is 83.2 cm³/mol. The molecule has 0 aromatic heterocycles. The maximum Gasteiger partial charge on any atom is 0.315 e. The van der Waals surface area contributed by atoms with Gasteiger partial charge in [0.1, 0.15) is 0 Å². The number of urea groups is 1. The molecule has 0 aliphatic heterocycles. The van der Waals surface area contributed by atoms with E-state index in [-0.39, 0.29) is 25.2 Å². The van der Waals surface area contributed by atoms with Crippen molar-refractivity contribution in [2.45, 2.75) is 18.9 Å². The number of carbonyl (C=O) groups is 1. The number of sulfonamides is 1. The average Bonchev–Trinajstić information content (AvgIpc) is 3.17. The molecule has 0 radical (unpaired) electrons. The number of carbonyl (C=O) groups excluding carboxylic acids is 1. The van der Waals surface area contributed by atoms with E-state index in [2.05, 4.69) is 10.6 Å². The van der Waals surface area contributed by atoms with Crippen molar-refractivity contribution in [2.24, 2.45) is 0 Å². The Balaban J connectivity index is 1.95. The molecule has 0 atom stereocenters. The van der Waals surface area contributed by atoms with Crippen LogP contribution in [0.2, 0.25) is 5.02 Å². The summed E-state index contributed by atoms with van der Waals surface area (Å²) in [6.45, 7) is 0.370. The first-order valence-corrected chi connectivity index (χ1v) is 8.86. The molecular formula is C13H18ClN3O3S. The smallest absolute Gasteiger partial charge is 0.315 e. The van der Waals surface area contributed by atoms with Gasteiger partial charge in [-0.15, -0.1) is 0 Å². The lowest BCUT2D eigenvalue weighted by atomic mass is 10.3. The van der Waals surface area contributed by atoms with E-state index in [1.165, 1.54) is 4.31 Å². The van der Waals surface area contributed by atoms with Crippen molar-refractivity contribution >= 4 is 33.3 Å². The largest absolute Gasteiger partial charge is 0.336 e. The van der Waals surface area contributed by atoms with Crippen LogP contribution in [0.25, 0.3) is 0 Å². The molecule has 8 heteroatoms. The van der Waals surface area contributed by atoms with Crippen molar-refractivity contribution in [3.8, 4) is 0 Å². The van der Waals surface area contributed by atoms with Crippen molar-refractivity contribution in [2.75, 3.05) is 23.7 Å². The summed E-state index contributed by atoms with van der Waals surface area (Å²) in [6, 6.07) is 6.60. The third-order valence-electron chi connectivity index (χ3n) is 3.01. The van der Waals surface area contributed by atoms with E-state index in [0.29, 0.717) is 10.7 Å². The van der Waals surface area contributed by atoms with Gasteiger partial charge in [0.25, 0.3) is 0 Å². The zero-order valence-corrected chi connectivity index (χ0v) is 13.2. The summed E-state index contributed by atoms with van der Waals surface area (Å²) in [6.07, 6.45) is 3.13. The molecule has 1 aromatic carbocycles. The lowest BCUT2D eigenvalue weighted by Gasteiger charge is -2.22. The molecular weight excluding hydrogens is 314 g/mol. The summed E-state index contributed by atoms with van der Waals surface area (Å²) in [4.78, 5) is 11.5. The lowest BCUT2D eigenvalue weighted by Crippen LogP contribution is -2.42. The number of amides is 2. The first kappa shape index (κ1) is 15.9. The molecule has 2 rings (SSSR count). The summed E-state index contributed by atoms with van der Waals surface area (Å²) in [5.41, 5.74) is 0.481. The van der Waals surface area contributed by atoms with Gasteiger partial charge < -0.3 is 10.6 Å². The lowest BCUT2D eigenvalue weighted by molar-refractivity contribution is 0.241. The van der Waals surface area contributed by atoms with Gasteiger partial charge in [-0.1, -0.05) is 17.7 Å². The molecule has 2 amide bonds. The van der Waals surface area contributed by atoms with Gasteiger partial charge in [0, 0.05) is 17.6 Å². The second-order valence-electron chi connectivity index (χ2n) is 4.99. The van der Waals surface area contributed by atoms with Crippen LogP contribution in [-0.2, 0) is 10.0 Å². The predicted octanol–water partition coefficient (Wildman–Crippen LogP) is 1.57. The number of hydrogen-bond acceptors (Lipinski definition) is 3. The van der Waals surface area contributed by atoms with Crippen molar-refractivity contribution < 1.29 is 13.2 Å². The summed E-state index contributed by atoms with van der Waals surface area (Å²) in [5, 5.41) is 5.89. The van der Waals surface area contributed by atoms with Crippen molar-refractivity contribution in [1.29, 1.82) is 0 Å². The molecule has 1 aliphatic rings. The van der Waals surface area contributed by atoms with Crippen LogP contribution in [0.1, 0.15) is 12.8 Å². The van der Waals surface area contributed by atoms with Crippen LogP contribution >= 0.6 is 11.6 Å². The standard InChI is InChI=1S/C13H18ClN3O3S/c1-21(19,20)17(12-4-2-3-10(14)9-12)8-7-15-13(18)16-11-5-6-11/h2-4,9,11H,5-8H2,1H3,(H2,15,16,18). The Bertz CT molecular complexity index is 617. The third kappa shape index (κ3) is 5.09. The van der Waals surface area contributed by atoms with Gasteiger partial charge >= 0.3 is 6.03 Å².